The van der Waals surface area contributed by atoms with E-state index in [2.05, 4.69) is 13.8 Å². The van der Waals surface area contributed by atoms with Crippen molar-refractivity contribution in [1.29, 1.82) is 0 Å². The maximum atomic E-state index is 12.5. The molecule has 0 aromatic rings. The summed E-state index contributed by atoms with van der Waals surface area (Å²) < 4.78 is 5.74. The molecule has 0 aromatic heterocycles. The zero-order valence-corrected chi connectivity index (χ0v) is 26.4. The van der Waals surface area contributed by atoms with Crippen molar-refractivity contribution in [1.82, 2.24) is 0 Å². The summed E-state index contributed by atoms with van der Waals surface area (Å²) >= 11 is 0. The van der Waals surface area contributed by atoms with Crippen LogP contribution < -0.4 is 0 Å². The standard InChI is InChI=1S/C33H55BO7/c1-8-19(3)28(40)41-18-31(7)23-11-10-22(21(9-2)33(23,34)13-12-24(31)36)30(6)15-20-14-29(4,5)26(38)27(39)32(20,17-35)25(37)16-30/h8,20-27,35-39H,9-18H2,1-7H3/b19-8+/t20?,21?,22?,23?,24-,25+,26-,27-,30-,31+,32-,33?/m0/s1. The Morgan fingerprint density at radius 1 is 0.976 bits per heavy atom. The van der Waals surface area contributed by atoms with Crippen LogP contribution in [-0.2, 0) is 9.53 Å². The lowest BCUT2D eigenvalue weighted by molar-refractivity contribution is -0.259. The Morgan fingerprint density at radius 3 is 2.22 bits per heavy atom. The van der Waals surface area contributed by atoms with Crippen molar-refractivity contribution in [3.05, 3.63) is 11.6 Å². The molecule has 0 bridgehead atoms. The van der Waals surface area contributed by atoms with Gasteiger partial charge in [0.2, 0.25) is 0 Å². The highest BCUT2D eigenvalue weighted by Crippen LogP contribution is 2.70. The number of hydrogen-bond donors (Lipinski definition) is 5. The van der Waals surface area contributed by atoms with Crippen LogP contribution in [0.3, 0.4) is 0 Å². The third-order valence-electron chi connectivity index (χ3n) is 13.1. The van der Waals surface area contributed by atoms with Gasteiger partial charge in [0, 0.05) is 11.0 Å². The van der Waals surface area contributed by atoms with Crippen LogP contribution in [-0.4, -0.2) is 77.0 Å². The van der Waals surface area contributed by atoms with E-state index in [9.17, 15) is 30.3 Å². The molecule has 0 saturated heterocycles. The summed E-state index contributed by atoms with van der Waals surface area (Å²) in [5, 5.41) is 55.2. The lowest BCUT2D eigenvalue weighted by Gasteiger charge is -2.67. The third-order valence-corrected chi connectivity index (χ3v) is 13.1. The monoisotopic (exact) mass is 574 g/mol. The van der Waals surface area contributed by atoms with Crippen LogP contribution in [0.4, 0.5) is 0 Å². The Morgan fingerprint density at radius 2 is 1.63 bits per heavy atom. The first-order valence-corrected chi connectivity index (χ1v) is 15.9. The predicted octanol–water partition coefficient (Wildman–Crippen LogP) is 3.94. The number of carbonyl (C=O) groups is 1. The quantitative estimate of drug-likeness (QED) is 0.185. The molecule has 41 heavy (non-hydrogen) atoms. The molecule has 0 heterocycles. The average Bonchev–Trinajstić information content (AvgIpc) is 2.91. The van der Waals surface area contributed by atoms with Crippen molar-refractivity contribution < 1.29 is 35.1 Å². The molecule has 4 rings (SSSR count). The Labute approximate surface area is 248 Å². The predicted molar refractivity (Wildman–Crippen MR) is 159 cm³/mol. The molecule has 5 N–H and O–H groups in total. The molecule has 0 spiro atoms. The second-order valence-electron chi connectivity index (χ2n) is 15.6. The van der Waals surface area contributed by atoms with Crippen molar-refractivity contribution >= 4 is 13.8 Å². The zero-order valence-electron chi connectivity index (χ0n) is 26.4. The third kappa shape index (κ3) is 4.96. The first-order valence-electron chi connectivity index (χ1n) is 15.9. The normalized spacial score (nSPS) is 50.0. The Balaban J connectivity index is 1.65. The summed E-state index contributed by atoms with van der Waals surface area (Å²) in [5.74, 6) is -0.204. The van der Waals surface area contributed by atoms with Gasteiger partial charge in [-0.3, -0.25) is 0 Å². The Hall–Kier alpha value is -0.925. The van der Waals surface area contributed by atoms with E-state index in [4.69, 9.17) is 12.6 Å². The van der Waals surface area contributed by atoms with E-state index in [1.165, 1.54) is 0 Å². The smallest absolute Gasteiger partial charge is 0.333 e. The highest BCUT2D eigenvalue weighted by molar-refractivity contribution is 6.16. The molecule has 5 unspecified atom stereocenters. The van der Waals surface area contributed by atoms with E-state index in [0.717, 1.165) is 25.7 Å². The van der Waals surface area contributed by atoms with Gasteiger partial charge in [-0.2, -0.15) is 0 Å². The fourth-order valence-corrected chi connectivity index (χ4v) is 10.4. The van der Waals surface area contributed by atoms with E-state index in [-0.39, 0.29) is 48.3 Å². The zero-order chi connectivity index (χ0) is 30.8. The molecule has 0 aromatic carbocycles. The molecule has 12 atom stereocenters. The maximum absolute atomic E-state index is 12.5. The van der Waals surface area contributed by atoms with Crippen LogP contribution in [0.15, 0.2) is 11.6 Å². The molecule has 0 amide bonds. The van der Waals surface area contributed by atoms with Gasteiger partial charge in [0.15, 0.2) is 0 Å². The van der Waals surface area contributed by atoms with Crippen LogP contribution in [0, 0.1) is 45.3 Å². The number of hydrogen-bond acceptors (Lipinski definition) is 7. The van der Waals surface area contributed by atoms with E-state index >= 15 is 0 Å². The highest BCUT2D eigenvalue weighted by atomic mass is 16.5. The summed E-state index contributed by atoms with van der Waals surface area (Å²) in [4.78, 5) is 12.5. The number of esters is 1. The van der Waals surface area contributed by atoms with Gasteiger partial charge in [0.05, 0.1) is 50.9 Å². The summed E-state index contributed by atoms with van der Waals surface area (Å²) in [7, 11) is 7.47. The van der Waals surface area contributed by atoms with Gasteiger partial charge in [-0.05, 0) is 86.9 Å². The van der Waals surface area contributed by atoms with Crippen LogP contribution in [0.2, 0.25) is 5.31 Å². The molecule has 7 nitrogen and oxygen atoms in total. The summed E-state index contributed by atoms with van der Waals surface area (Å²) in [6.45, 7) is 13.6. The highest BCUT2D eigenvalue weighted by Gasteiger charge is 2.67. The van der Waals surface area contributed by atoms with Crippen molar-refractivity contribution in [2.24, 2.45) is 45.3 Å². The van der Waals surface area contributed by atoms with E-state index in [1.54, 1.807) is 19.9 Å². The van der Waals surface area contributed by atoms with Crippen molar-refractivity contribution in [3.63, 3.8) is 0 Å². The van der Waals surface area contributed by atoms with Gasteiger partial charge < -0.3 is 30.3 Å². The molecule has 4 saturated carbocycles. The Bertz CT molecular complexity index is 1020. The summed E-state index contributed by atoms with van der Waals surface area (Å²) in [6.07, 6.45) is 3.47. The number of carbonyl (C=O) groups excluding carboxylic acids is 1. The van der Waals surface area contributed by atoms with Gasteiger partial charge in [-0.1, -0.05) is 58.9 Å². The second kappa shape index (κ2) is 11.2. The molecule has 4 aliphatic rings. The molecule has 4 aliphatic carbocycles. The number of rotatable bonds is 6. The van der Waals surface area contributed by atoms with Crippen molar-refractivity contribution in [2.45, 2.75) is 130 Å². The van der Waals surface area contributed by atoms with Gasteiger partial charge >= 0.3 is 5.97 Å². The Kier molecular flexibility index (Phi) is 9.02. The van der Waals surface area contributed by atoms with E-state index in [1.807, 2.05) is 20.8 Å². The fraction of sp³-hybridized carbons (Fsp3) is 0.909. The lowest BCUT2D eigenvalue weighted by Crippen LogP contribution is -2.68. The molecule has 8 heteroatoms. The number of aliphatic hydroxyl groups excluding tert-OH is 5. The van der Waals surface area contributed by atoms with Crippen molar-refractivity contribution in [3.8, 4) is 0 Å². The molecular weight excluding hydrogens is 519 g/mol. The van der Waals surface area contributed by atoms with Gasteiger partial charge in [-0.15, -0.1) is 0 Å². The molecule has 0 aliphatic heterocycles. The number of fused-ring (bicyclic) bond motifs is 2. The van der Waals surface area contributed by atoms with Crippen LogP contribution >= 0.6 is 0 Å². The van der Waals surface area contributed by atoms with Crippen LogP contribution in [0.25, 0.3) is 0 Å². The minimum absolute atomic E-state index is 0.0297. The van der Waals surface area contributed by atoms with Gasteiger partial charge in [0.25, 0.3) is 0 Å². The average molecular weight is 575 g/mol. The number of ether oxygens (including phenoxy) is 1. The van der Waals surface area contributed by atoms with Crippen molar-refractivity contribution in [2.75, 3.05) is 13.2 Å². The minimum atomic E-state index is -1.20. The maximum Gasteiger partial charge on any atom is 0.333 e. The van der Waals surface area contributed by atoms with Gasteiger partial charge in [0.1, 0.15) is 0 Å². The second-order valence-corrected chi connectivity index (χ2v) is 15.6. The van der Waals surface area contributed by atoms with Crippen LogP contribution in [0.5, 0.6) is 0 Å². The molecule has 2 radical (unpaired) electrons. The van der Waals surface area contributed by atoms with Gasteiger partial charge in [-0.25, -0.2) is 4.79 Å². The van der Waals surface area contributed by atoms with E-state index < -0.39 is 46.0 Å². The summed E-state index contributed by atoms with van der Waals surface area (Å²) in [5.41, 5.74) is -2.08. The first kappa shape index (κ1) is 33.0. The summed E-state index contributed by atoms with van der Waals surface area (Å²) in [6, 6.07) is 0. The minimum Gasteiger partial charge on any atom is -0.462 e. The first-order chi connectivity index (χ1) is 19.0. The largest absolute Gasteiger partial charge is 0.462 e. The molecular formula is C33H55BO7. The molecule has 232 valence electrons. The van der Waals surface area contributed by atoms with Crippen LogP contribution in [0.1, 0.15) is 99.8 Å². The molecule has 4 fully saturated rings. The fourth-order valence-electron chi connectivity index (χ4n) is 10.4. The SMILES string of the molecule is [B]C12CC[C@H](O)[C@](C)(COC(=O)/C(C)=C/C)C1CCC([C@@]1(C)CC3CC(C)(C)[C@@H](O)[C@H](O)[C@]3(CO)[C@H](O)C1)C2CC. The topological polar surface area (TPSA) is 127 Å². The lowest BCUT2D eigenvalue weighted by atomic mass is 9.35. The number of allylic oxidation sites excluding steroid dienone is 1. The number of aliphatic hydroxyl groups is 5. The van der Waals surface area contributed by atoms with E-state index in [0.29, 0.717) is 31.3 Å².